The lowest BCUT2D eigenvalue weighted by atomic mass is 10.2. The fraction of sp³-hybridized carbons (Fsp3) is 0.391. The van der Waals surface area contributed by atoms with Gasteiger partial charge < -0.3 is 10.2 Å². The first-order valence-electron chi connectivity index (χ1n) is 10.4. The van der Waals surface area contributed by atoms with E-state index >= 15 is 0 Å². The van der Waals surface area contributed by atoms with Gasteiger partial charge in [0.15, 0.2) is 9.84 Å². The molecule has 2 amide bonds. The molecule has 1 saturated carbocycles. The zero-order valence-electron chi connectivity index (χ0n) is 17.5. The molecule has 1 N–H and O–H groups in total. The summed E-state index contributed by atoms with van der Waals surface area (Å²) in [5, 5.41) is 2.35. The first kappa shape index (κ1) is 21.8. The first-order chi connectivity index (χ1) is 14.7. The van der Waals surface area contributed by atoms with E-state index in [2.05, 4.69) is 5.32 Å². The molecule has 2 aromatic carbocycles. The molecule has 1 unspecified atom stereocenters. The van der Waals surface area contributed by atoms with Gasteiger partial charge in [-0.2, -0.15) is 0 Å². The van der Waals surface area contributed by atoms with E-state index in [4.69, 9.17) is 11.6 Å². The molecule has 6 nitrogen and oxygen atoms in total. The molecule has 0 saturated heterocycles. The van der Waals surface area contributed by atoms with Crippen LogP contribution in [0.5, 0.6) is 0 Å². The van der Waals surface area contributed by atoms with Crippen molar-refractivity contribution < 1.29 is 18.0 Å². The predicted molar refractivity (Wildman–Crippen MR) is 121 cm³/mol. The molecule has 0 bridgehead atoms. The van der Waals surface area contributed by atoms with E-state index in [0.29, 0.717) is 23.7 Å². The van der Waals surface area contributed by atoms with E-state index in [1.54, 1.807) is 41.3 Å². The van der Waals surface area contributed by atoms with Crippen LogP contribution in [-0.2, 0) is 25.8 Å². The molecular formula is C23H25ClN2O4S. The first-order valence-corrected chi connectivity index (χ1v) is 12.3. The minimum atomic E-state index is -3.69. The van der Waals surface area contributed by atoms with Gasteiger partial charge in [0.2, 0.25) is 11.8 Å². The van der Waals surface area contributed by atoms with Crippen LogP contribution in [0.4, 0.5) is 11.4 Å². The number of amides is 2. The Labute approximate surface area is 187 Å². The van der Waals surface area contributed by atoms with Gasteiger partial charge in [0.25, 0.3) is 0 Å². The number of rotatable bonds is 6. The molecule has 1 aliphatic carbocycles. The zero-order valence-corrected chi connectivity index (χ0v) is 19.1. The molecule has 31 heavy (non-hydrogen) atoms. The lowest BCUT2D eigenvalue weighted by Crippen LogP contribution is -2.30. The molecule has 1 heterocycles. The predicted octanol–water partition coefficient (Wildman–Crippen LogP) is 4.14. The van der Waals surface area contributed by atoms with E-state index in [0.717, 1.165) is 29.7 Å². The van der Waals surface area contributed by atoms with Crippen molar-refractivity contribution in [2.24, 2.45) is 5.92 Å². The van der Waals surface area contributed by atoms with Gasteiger partial charge in [-0.15, -0.1) is 0 Å². The number of hydrogen-bond donors (Lipinski definition) is 1. The summed E-state index contributed by atoms with van der Waals surface area (Å²) in [6.45, 7) is 3.98. The quantitative estimate of drug-likeness (QED) is 0.702. The number of nitrogens with one attached hydrogen (secondary N) is 1. The summed E-state index contributed by atoms with van der Waals surface area (Å²) in [4.78, 5) is 26.8. The van der Waals surface area contributed by atoms with Crippen LogP contribution in [0.25, 0.3) is 0 Å². The summed E-state index contributed by atoms with van der Waals surface area (Å²) in [7, 11) is -3.69. The second-order valence-electron chi connectivity index (χ2n) is 8.38. The van der Waals surface area contributed by atoms with Crippen LogP contribution in [0.2, 0.25) is 5.02 Å². The highest BCUT2D eigenvalue weighted by atomic mass is 35.5. The van der Waals surface area contributed by atoms with Gasteiger partial charge in [0, 0.05) is 35.3 Å². The zero-order chi connectivity index (χ0) is 22.3. The molecule has 0 aromatic heterocycles. The van der Waals surface area contributed by atoms with E-state index in [-0.39, 0.29) is 23.1 Å². The number of halogens is 1. The van der Waals surface area contributed by atoms with Crippen LogP contribution in [0.3, 0.4) is 0 Å². The minimum absolute atomic E-state index is 0.122. The largest absolute Gasteiger partial charge is 0.326 e. The topological polar surface area (TPSA) is 83.6 Å². The second-order valence-corrected chi connectivity index (χ2v) is 11.1. The number of carbonyl (C=O) groups is 2. The maximum Gasteiger partial charge on any atom is 0.230 e. The van der Waals surface area contributed by atoms with Gasteiger partial charge in [-0.3, -0.25) is 9.59 Å². The number of carbonyl (C=O) groups excluding carboxylic acids is 2. The average Bonchev–Trinajstić information content (AvgIpc) is 3.49. The van der Waals surface area contributed by atoms with E-state index in [1.807, 2.05) is 6.92 Å². The van der Waals surface area contributed by atoms with Gasteiger partial charge >= 0.3 is 0 Å². The highest BCUT2D eigenvalue weighted by molar-refractivity contribution is 7.92. The monoisotopic (exact) mass is 460 g/mol. The van der Waals surface area contributed by atoms with Crippen molar-refractivity contribution >= 4 is 44.6 Å². The van der Waals surface area contributed by atoms with Crippen LogP contribution in [0.1, 0.15) is 37.3 Å². The highest BCUT2D eigenvalue weighted by Gasteiger charge is 2.37. The summed E-state index contributed by atoms with van der Waals surface area (Å²) in [6, 6.07) is 10.1. The summed E-state index contributed by atoms with van der Waals surface area (Å²) in [6.07, 6.45) is 2.34. The van der Waals surface area contributed by atoms with Gasteiger partial charge in [-0.25, -0.2) is 8.42 Å². The maximum absolute atomic E-state index is 13.1. The molecule has 0 radical (unpaired) electrons. The fourth-order valence-electron chi connectivity index (χ4n) is 3.82. The Hall–Kier alpha value is -2.38. The van der Waals surface area contributed by atoms with Crippen LogP contribution < -0.4 is 10.2 Å². The Bertz CT molecular complexity index is 1160. The summed E-state index contributed by atoms with van der Waals surface area (Å²) in [5.74, 6) is -0.134. The van der Waals surface area contributed by atoms with Crippen molar-refractivity contribution in [2.45, 2.75) is 49.7 Å². The molecule has 2 aromatic rings. The standard InChI is InChI=1S/C23H25ClN2O4S/c1-14-3-6-18(13-20(14)24)25-22(27)11-15(2)31(29,30)19-7-8-21-17(12-19)9-10-26(21)23(28)16-4-5-16/h3,6-8,12-13,15-16H,4-5,9-11H2,1-2H3,(H,25,27). The van der Waals surface area contributed by atoms with Crippen molar-refractivity contribution in [3.05, 3.63) is 52.5 Å². The number of fused-ring (bicyclic) bond motifs is 1. The lowest BCUT2D eigenvalue weighted by molar-refractivity contribution is -0.119. The molecule has 1 atom stereocenters. The smallest absolute Gasteiger partial charge is 0.230 e. The Balaban J connectivity index is 1.45. The van der Waals surface area contributed by atoms with E-state index in [9.17, 15) is 18.0 Å². The van der Waals surface area contributed by atoms with E-state index < -0.39 is 21.0 Å². The van der Waals surface area contributed by atoms with Crippen LogP contribution in [0.15, 0.2) is 41.3 Å². The van der Waals surface area contributed by atoms with Gasteiger partial charge in [0.05, 0.1) is 10.1 Å². The Kier molecular flexibility index (Phi) is 5.83. The molecule has 1 aliphatic heterocycles. The summed E-state index contributed by atoms with van der Waals surface area (Å²) in [5.41, 5.74) is 3.09. The molecule has 4 rings (SSSR count). The average molecular weight is 461 g/mol. The summed E-state index contributed by atoms with van der Waals surface area (Å²) < 4.78 is 26.1. The number of sulfone groups is 1. The Morgan fingerprint density at radius 1 is 1.19 bits per heavy atom. The molecule has 2 aliphatic rings. The number of nitrogens with zero attached hydrogens (tertiary/aromatic N) is 1. The molecule has 164 valence electrons. The fourth-order valence-corrected chi connectivity index (χ4v) is 5.40. The number of anilines is 2. The van der Waals surface area contributed by atoms with Crippen molar-refractivity contribution in [1.29, 1.82) is 0 Å². The minimum Gasteiger partial charge on any atom is -0.326 e. The lowest BCUT2D eigenvalue weighted by Gasteiger charge is -2.18. The van der Waals surface area contributed by atoms with Crippen LogP contribution in [0, 0.1) is 12.8 Å². The van der Waals surface area contributed by atoms with Crippen molar-refractivity contribution in [3.63, 3.8) is 0 Å². The van der Waals surface area contributed by atoms with Gasteiger partial charge in [0.1, 0.15) is 0 Å². The molecular weight excluding hydrogens is 436 g/mol. The second kappa shape index (κ2) is 8.28. The molecule has 0 spiro atoms. The third kappa shape index (κ3) is 4.48. The normalized spacial score (nSPS) is 16.7. The molecule has 1 fully saturated rings. The number of benzene rings is 2. The van der Waals surface area contributed by atoms with Crippen LogP contribution in [-0.4, -0.2) is 32.0 Å². The Morgan fingerprint density at radius 2 is 1.94 bits per heavy atom. The third-order valence-electron chi connectivity index (χ3n) is 5.93. The van der Waals surface area contributed by atoms with Crippen LogP contribution >= 0.6 is 11.6 Å². The maximum atomic E-state index is 13.1. The van der Waals surface area contributed by atoms with Crippen molar-refractivity contribution in [1.82, 2.24) is 0 Å². The van der Waals surface area contributed by atoms with Crippen molar-refractivity contribution in [3.8, 4) is 0 Å². The number of hydrogen-bond acceptors (Lipinski definition) is 4. The highest BCUT2D eigenvalue weighted by Crippen LogP contribution is 2.37. The van der Waals surface area contributed by atoms with Gasteiger partial charge in [-0.05, 0) is 74.6 Å². The molecule has 8 heteroatoms. The number of aryl methyl sites for hydroxylation is 1. The van der Waals surface area contributed by atoms with E-state index in [1.165, 1.54) is 6.92 Å². The SMILES string of the molecule is Cc1ccc(NC(=O)CC(C)S(=O)(=O)c2ccc3c(c2)CCN3C(=O)C2CC2)cc1Cl. The Morgan fingerprint density at radius 3 is 2.61 bits per heavy atom. The van der Waals surface area contributed by atoms with Crippen molar-refractivity contribution in [2.75, 3.05) is 16.8 Å². The third-order valence-corrected chi connectivity index (χ3v) is 8.47. The summed E-state index contributed by atoms with van der Waals surface area (Å²) >= 11 is 6.08. The van der Waals surface area contributed by atoms with Gasteiger partial charge in [-0.1, -0.05) is 17.7 Å².